The van der Waals surface area contributed by atoms with E-state index in [-0.39, 0.29) is 10.8 Å². The maximum atomic E-state index is 3.35. The molecule has 1 aromatic rings. The maximum absolute atomic E-state index is 3.35. The highest BCUT2D eigenvalue weighted by atomic mass is 14.7. The summed E-state index contributed by atoms with van der Waals surface area (Å²) in [6.45, 7) is 17.5. The Labute approximate surface area is 95.3 Å². The summed E-state index contributed by atoms with van der Waals surface area (Å²) < 4.78 is 0. The number of hydrogen-bond acceptors (Lipinski definition) is 0. The van der Waals surface area contributed by atoms with Gasteiger partial charge in [-0.1, -0.05) is 55.4 Å². The van der Waals surface area contributed by atoms with E-state index in [2.05, 4.69) is 52.6 Å². The fourth-order valence-electron chi connectivity index (χ4n) is 1.61. The molecule has 1 N–H and O–H groups in total. The highest BCUT2D eigenvalue weighted by Gasteiger charge is 2.25. The van der Waals surface area contributed by atoms with E-state index < -0.39 is 0 Å². The maximum Gasteiger partial charge on any atom is 0.0239 e. The molecule has 1 rings (SSSR count). The number of aromatic nitrogens is 1. The van der Waals surface area contributed by atoms with E-state index in [1.54, 1.807) is 0 Å². The second-order valence-electron chi connectivity index (χ2n) is 5.77. The summed E-state index contributed by atoms with van der Waals surface area (Å²) in [4.78, 5) is 3.35. The van der Waals surface area contributed by atoms with Crippen LogP contribution in [0, 0.1) is 0 Å². The van der Waals surface area contributed by atoms with Crippen molar-refractivity contribution in [1.82, 2.24) is 4.98 Å². The molecule has 0 aliphatic carbocycles. The molecule has 0 aliphatic rings. The predicted molar refractivity (Wildman–Crippen MR) is 69.5 cm³/mol. The molecule has 0 radical (unpaired) electrons. The Morgan fingerprint density at radius 2 is 1.33 bits per heavy atom. The highest BCUT2D eigenvalue weighted by molar-refractivity contribution is 5.32. The van der Waals surface area contributed by atoms with Gasteiger partial charge >= 0.3 is 0 Å². The minimum atomic E-state index is 0.214. The van der Waals surface area contributed by atoms with E-state index in [1.165, 1.54) is 11.3 Å². The van der Waals surface area contributed by atoms with Gasteiger partial charge in [0.25, 0.3) is 0 Å². The second kappa shape index (κ2) is 4.87. The van der Waals surface area contributed by atoms with Crippen LogP contribution in [0.4, 0.5) is 0 Å². The van der Waals surface area contributed by atoms with Crippen molar-refractivity contribution in [2.45, 2.75) is 66.2 Å². The van der Waals surface area contributed by atoms with Gasteiger partial charge in [0.2, 0.25) is 0 Å². The summed E-state index contributed by atoms with van der Waals surface area (Å²) in [5.41, 5.74) is 3.24. The standard InChI is InChI=1S/C12H21N.C2H6/c1-11(2,3)9-7-8-13-10(9)12(4,5)6;1-2/h7-8,13H,1-6H3;1-2H3. The van der Waals surface area contributed by atoms with E-state index in [0.717, 1.165) is 0 Å². The lowest BCUT2D eigenvalue weighted by molar-refractivity contribution is 0.522. The van der Waals surface area contributed by atoms with Crippen molar-refractivity contribution in [2.75, 3.05) is 0 Å². The Balaban J connectivity index is 0.000000921. The van der Waals surface area contributed by atoms with Crippen LogP contribution in [0.15, 0.2) is 12.3 Å². The molecular weight excluding hydrogens is 182 g/mol. The molecule has 0 amide bonds. The molecule has 1 heteroatoms. The molecule has 15 heavy (non-hydrogen) atoms. The van der Waals surface area contributed by atoms with Gasteiger partial charge in [0.1, 0.15) is 0 Å². The molecule has 0 atom stereocenters. The first kappa shape index (κ1) is 14.3. The zero-order chi connectivity index (χ0) is 12.3. The van der Waals surface area contributed by atoms with Crippen LogP contribution in [0.5, 0.6) is 0 Å². The topological polar surface area (TPSA) is 15.8 Å². The lowest BCUT2D eigenvalue weighted by Crippen LogP contribution is -2.20. The molecule has 1 heterocycles. The number of aromatic amines is 1. The van der Waals surface area contributed by atoms with E-state index >= 15 is 0 Å². The Morgan fingerprint density at radius 1 is 0.867 bits per heavy atom. The quantitative estimate of drug-likeness (QED) is 0.641. The third-order valence-corrected chi connectivity index (χ3v) is 2.31. The van der Waals surface area contributed by atoms with Gasteiger partial charge in [0.05, 0.1) is 0 Å². The third kappa shape index (κ3) is 3.73. The van der Waals surface area contributed by atoms with Gasteiger partial charge in [0, 0.05) is 17.3 Å². The van der Waals surface area contributed by atoms with Gasteiger partial charge in [-0.3, -0.25) is 0 Å². The van der Waals surface area contributed by atoms with Crippen LogP contribution < -0.4 is 0 Å². The molecule has 0 saturated carbocycles. The van der Waals surface area contributed by atoms with E-state index in [4.69, 9.17) is 0 Å². The summed E-state index contributed by atoms with van der Waals surface area (Å²) in [7, 11) is 0. The summed E-state index contributed by atoms with van der Waals surface area (Å²) >= 11 is 0. The zero-order valence-electron chi connectivity index (χ0n) is 11.7. The smallest absolute Gasteiger partial charge is 0.0239 e. The summed E-state index contributed by atoms with van der Waals surface area (Å²) in [5.74, 6) is 0. The van der Waals surface area contributed by atoms with E-state index in [0.29, 0.717) is 0 Å². The molecule has 1 aromatic heterocycles. The predicted octanol–water partition coefficient (Wildman–Crippen LogP) is 4.64. The average molecular weight is 209 g/mol. The van der Waals surface area contributed by atoms with Crippen molar-refractivity contribution in [3.05, 3.63) is 23.5 Å². The van der Waals surface area contributed by atoms with Crippen molar-refractivity contribution >= 4 is 0 Å². The first-order valence-electron chi connectivity index (χ1n) is 5.91. The fraction of sp³-hybridized carbons (Fsp3) is 0.714. The van der Waals surface area contributed by atoms with Gasteiger partial charge in [-0.05, 0) is 17.0 Å². The second-order valence-corrected chi connectivity index (χ2v) is 5.77. The van der Waals surface area contributed by atoms with Crippen molar-refractivity contribution in [3.8, 4) is 0 Å². The highest BCUT2D eigenvalue weighted by Crippen LogP contribution is 2.32. The zero-order valence-corrected chi connectivity index (χ0v) is 11.7. The summed E-state index contributed by atoms with van der Waals surface area (Å²) in [6, 6.07) is 2.20. The lowest BCUT2D eigenvalue weighted by Gasteiger charge is -2.26. The van der Waals surface area contributed by atoms with Crippen LogP contribution >= 0.6 is 0 Å². The molecule has 1 nitrogen and oxygen atoms in total. The first-order valence-corrected chi connectivity index (χ1v) is 5.91. The lowest BCUT2D eigenvalue weighted by atomic mass is 9.80. The van der Waals surface area contributed by atoms with Crippen LogP contribution in [0.1, 0.15) is 66.6 Å². The molecule has 0 spiro atoms. The van der Waals surface area contributed by atoms with Crippen molar-refractivity contribution in [3.63, 3.8) is 0 Å². The Kier molecular flexibility index (Phi) is 4.64. The van der Waals surface area contributed by atoms with Gasteiger partial charge in [-0.25, -0.2) is 0 Å². The number of hydrogen-bond donors (Lipinski definition) is 1. The minimum absolute atomic E-state index is 0.214. The monoisotopic (exact) mass is 209 g/mol. The SMILES string of the molecule is CC.CC(C)(C)c1cc[nH]c1C(C)(C)C. The molecule has 0 aromatic carbocycles. The van der Waals surface area contributed by atoms with E-state index in [9.17, 15) is 0 Å². The fourth-order valence-corrected chi connectivity index (χ4v) is 1.61. The van der Waals surface area contributed by atoms with Crippen LogP contribution in [-0.2, 0) is 10.8 Å². The largest absolute Gasteiger partial charge is 0.364 e. The molecule has 0 unspecified atom stereocenters. The Hall–Kier alpha value is -0.720. The van der Waals surface area contributed by atoms with Crippen LogP contribution in [0.3, 0.4) is 0 Å². The van der Waals surface area contributed by atoms with Crippen molar-refractivity contribution in [1.29, 1.82) is 0 Å². The molecule has 0 saturated heterocycles. The average Bonchev–Trinajstić information content (AvgIpc) is 2.53. The summed E-state index contributed by atoms with van der Waals surface area (Å²) in [6.07, 6.45) is 2.04. The first-order chi connectivity index (χ1) is 6.73. The Bertz CT molecular complexity index is 253. The molecule has 88 valence electrons. The van der Waals surface area contributed by atoms with Gasteiger partial charge in [-0.2, -0.15) is 0 Å². The van der Waals surface area contributed by atoms with Gasteiger partial charge in [-0.15, -0.1) is 0 Å². The van der Waals surface area contributed by atoms with Gasteiger partial charge in [0.15, 0.2) is 0 Å². The van der Waals surface area contributed by atoms with Crippen molar-refractivity contribution < 1.29 is 0 Å². The molecule has 0 aliphatic heterocycles. The number of rotatable bonds is 0. The van der Waals surface area contributed by atoms with Crippen LogP contribution in [0.2, 0.25) is 0 Å². The Morgan fingerprint density at radius 3 is 1.60 bits per heavy atom. The normalized spacial score (nSPS) is 12.0. The number of nitrogens with one attached hydrogen (secondary N) is 1. The number of H-pyrrole nitrogens is 1. The molecule has 0 bridgehead atoms. The van der Waals surface area contributed by atoms with Crippen LogP contribution in [0.25, 0.3) is 0 Å². The van der Waals surface area contributed by atoms with E-state index in [1.807, 2.05) is 20.0 Å². The summed E-state index contributed by atoms with van der Waals surface area (Å²) in [5, 5.41) is 0. The van der Waals surface area contributed by atoms with Gasteiger partial charge < -0.3 is 4.98 Å². The van der Waals surface area contributed by atoms with Crippen LogP contribution in [-0.4, -0.2) is 4.98 Å². The third-order valence-electron chi connectivity index (χ3n) is 2.31. The minimum Gasteiger partial charge on any atom is -0.364 e. The molecule has 0 fully saturated rings. The molecular formula is C14H27N. The van der Waals surface area contributed by atoms with Crippen molar-refractivity contribution in [2.24, 2.45) is 0 Å².